The molecule has 202 valence electrons. The van der Waals surface area contributed by atoms with E-state index in [1.807, 2.05) is 0 Å². The summed E-state index contributed by atoms with van der Waals surface area (Å²) in [5, 5.41) is 0. The van der Waals surface area contributed by atoms with Crippen LogP contribution in [0.2, 0.25) is 0 Å². The van der Waals surface area contributed by atoms with E-state index in [9.17, 15) is 0 Å². The molecule has 6 rings (SSSR count). The number of hydrogen-bond donors (Lipinski definition) is 0. The molecule has 4 aromatic rings. The summed E-state index contributed by atoms with van der Waals surface area (Å²) in [6.45, 7) is 11.5. The average molecular weight is 643 g/mol. The Labute approximate surface area is 260 Å². The minimum atomic E-state index is -2.60. The topological polar surface area (TPSA) is 0 Å². The molecule has 0 N–H and O–H groups in total. The molecule has 2 aliphatic carbocycles. The first kappa shape index (κ1) is 30.6. The van der Waals surface area contributed by atoms with Crippen LogP contribution in [0.25, 0.3) is 11.1 Å². The van der Waals surface area contributed by atoms with Crippen LogP contribution >= 0.6 is 0 Å². The van der Waals surface area contributed by atoms with Gasteiger partial charge in [-0.25, -0.2) is 0 Å². The molecule has 0 amide bonds. The zero-order valence-electron chi connectivity index (χ0n) is 24.0. The summed E-state index contributed by atoms with van der Waals surface area (Å²) in [6, 6.07) is 32.6. The molecule has 0 radical (unpaired) electrons. The SMILES string of the molecule is Cc1ccc2c(c1)Cc1c-2ccc(C)[c]1/[Zr+2]([C]1=CC=CC1)=[C](/c1ccccc1)c1ccc(C(C)(C)C)cc1.[Cl-].[Cl-]. The number of hydrogen-bond acceptors (Lipinski definition) is 0. The van der Waals surface area contributed by atoms with Gasteiger partial charge in [-0.2, -0.15) is 0 Å². The fourth-order valence-corrected chi connectivity index (χ4v) is 14.5. The predicted molar refractivity (Wildman–Crippen MR) is 160 cm³/mol. The van der Waals surface area contributed by atoms with Crippen LogP contribution < -0.4 is 28.1 Å². The van der Waals surface area contributed by atoms with Crippen molar-refractivity contribution in [3.8, 4) is 11.1 Å². The molecule has 0 atom stereocenters. The predicted octanol–water partition coefficient (Wildman–Crippen LogP) is 2.54. The molecule has 0 spiro atoms. The van der Waals surface area contributed by atoms with Crippen LogP contribution in [-0.2, 0) is 33.1 Å². The van der Waals surface area contributed by atoms with Gasteiger partial charge in [0.15, 0.2) is 0 Å². The van der Waals surface area contributed by atoms with Crippen LogP contribution in [0.5, 0.6) is 0 Å². The van der Waals surface area contributed by atoms with E-state index in [0.717, 1.165) is 12.8 Å². The second-order valence-corrected chi connectivity index (χ2v) is 17.8. The third-order valence-corrected chi connectivity index (χ3v) is 16.2. The summed E-state index contributed by atoms with van der Waals surface area (Å²) in [4.78, 5) is 0. The van der Waals surface area contributed by atoms with Crippen LogP contribution in [0, 0.1) is 13.8 Å². The van der Waals surface area contributed by atoms with Crippen LogP contribution in [0.1, 0.15) is 66.1 Å². The van der Waals surface area contributed by atoms with Crippen LogP contribution in [0.15, 0.2) is 106 Å². The van der Waals surface area contributed by atoms with Gasteiger partial charge in [0, 0.05) is 0 Å². The molecular weight excluding hydrogens is 607 g/mol. The maximum absolute atomic E-state index is 2.60. The van der Waals surface area contributed by atoms with Crippen molar-refractivity contribution in [1.29, 1.82) is 0 Å². The monoisotopic (exact) mass is 640 g/mol. The van der Waals surface area contributed by atoms with Crippen molar-refractivity contribution in [1.82, 2.24) is 0 Å². The van der Waals surface area contributed by atoms with Gasteiger partial charge in [0.05, 0.1) is 0 Å². The fraction of sp³-hybridized carbons (Fsp3) is 0.216. The van der Waals surface area contributed by atoms with E-state index in [2.05, 4.69) is 138 Å². The van der Waals surface area contributed by atoms with Gasteiger partial charge in [-0.3, -0.25) is 0 Å². The average Bonchev–Trinajstić information content (AvgIpc) is 3.56. The smallest absolute Gasteiger partial charge is 1.00 e. The Bertz CT molecular complexity index is 1630. The van der Waals surface area contributed by atoms with Gasteiger partial charge in [0.25, 0.3) is 0 Å². The Morgan fingerprint density at radius 3 is 2.08 bits per heavy atom. The molecule has 4 aromatic carbocycles. The number of benzene rings is 4. The summed E-state index contributed by atoms with van der Waals surface area (Å²) in [7, 11) is 0. The number of allylic oxidation sites excluding steroid dienone is 4. The number of rotatable bonds is 4. The molecule has 0 aromatic heterocycles. The van der Waals surface area contributed by atoms with Crippen LogP contribution in [0.4, 0.5) is 0 Å². The van der Waals surface area contributed by atoms with Crippen molar-refractivity contribution < 1.29 is 46.1 Å². The van der Waals surface area contributed by atoms with E-state index in [0.29, 0.717) is 0 Å². The zero-order chi connectivity index (χ0) is 26.4. The summed E-state index contributed by atoms with van der Waals surface area (Å²) >= 11 is -2.60. The van der Waals surface area contributed by atoms with Crippen molar-refractivity contribution in [2.75, 3.05) is 0 Å². The van der Waals surface area contributed by atoms with E-state index in [1.165, 1.54) is 44.5 Å². The number of halogens is 2. The van der Waals surface area contributed by atoms with Crippen LogP contribution in [-0.4, -0.2) is 3.21 Å². The molecule has 0 fully saturated rings. The van der Waals surface area contributed by atoms with E-state index in [-0.39, 0.29) is 30.2 Å². The van der Waals surface area contributed by atoms with E-state index in [1.54, 1.807) is 15.3 Å². The third-order valence-electron chi connectivity index (χ3n) is 8.13. The van der Waals surface area contributed by atoms with E-state index >= 15 is 0 Å². The first-order valence-corrected chi connectivity index (χ1v) is 17.5. The van der Waals surface area contributed by atoms with Crippen LogP contribution in [0.3, 0.4) is 0 Å². The molecule has 0 saturated carbocycles. The molecule has 0 unspecified atom stereocenters. The van der Waals surface area contributed by atoms with E-state index in [4.69, 9.17) is 0 Å². The molecule has 40 heavy (non-hydrogen) atoms. The Balaban J connectivity index is 0.00000185. The summed E-state index contributed by atoms with van der Waals surface area (Å²) in [6.07, 6.45) is 9.24. The van der Waals surface area contributed by atoms with Gasteiger partial charge in [-0.05, 0) is 0 Å². The van der Waals surface area contributed by atoms with Gasteiger partial charge in [-0.1, -0.05) is 0 Å². The van der Waals surface area contributed by atoms with Gasteiger partial charge >= 0.3 is 237 Å². The second kappa shape index (κ2) is 12.3. The first-order valence-electron chi connectivity index (χ1n) is 13.8. The van der Waals surface area contributed by atoms with Crippen molar-refractivity contribution in [3.05, 3.63) is 145 Å². The van der Waals surface area contributed by atoms with Gasteiger partial charge in [0.2, 0.25) is 0 Å². The van der Waals surface area contributed by atoms with Crippen molar-refractivity contribution in [2.24, 2.45) is 0 Å². The van der Waals surface area contributed by atoms with Crippen molar-refractivity contribution >= 4 is 6.48 Å². The van der Waals surface area contributed by atoms with Gasteiger partial charge in [-0.15, -0.1) is 0 Å². The minimum absolute atomic E-state index is 0. The Kier molecular flexibility index (Phi) is 9.41. The quantitative estimate of drug-likeness (QED) is 0.283. The maximum atomic E-state index is 2.45. The normalized spacial score (nSPS) is 13.5. The molecule has 0 saturated heterocycles. The molecule has 0 nitrogen and oxygen atoms in total. The maximum Gasteiger partial charge on any atom is -1.00 e. The Morgan fingerprint density at radius 1 is 0.750 bits per heavy atom. The molecule has 3 heteroatoms. The fourth-order valence-electron chi connectivity index (χ4n) is 6.15. The molecular formula is C37H36Cl2Zr. The molecule has 2 aliphatic rings. The minimum Gasteiger partial charge on any atom is -1.00 e. The van der Waals surface area contributed by atoms with E-state index < -0.39 is 21.3 Å². The largest absolute Gasteiger partial charge is 1.00 e. The molecule has 0 bridgehead atoms. The van der Waals surface area contributed by atoms with Crippen molar-refractivity contribution in [2.45, 2.75) is 52.9 Å². The standard InChI is InChI=1S/C17H18.C15H13.C5H5.2ClH.Zr/c1-17(2,3)16-11-9-15(10-12-16)13-14-7-5-4-6-8-14;1-10-3-5-14-12(7-10)9-13-8-11(2)4-6-15(13)14;1-2-4-5-3-1;;;/h4-12H,1-3H3;3-7H,9H2,1-2H3;1-3H,4H2;2*1H;/q;;;;;+2/p-2. The van der Waals surface area contributed by atoms with Gasteiger partial charge in [0.1, 0.15) is 0 Å². The molecule has 0 heterocycles. The third kappa shape index (κ3) is 5.72. The second-order valence-electron chi connectivity index (χ2n) is 11.9. The van der Waals surface area contributed by atoms with Gasteiger partial charge < -0.3 is 24.8 Å². The summed E-state index contributed by atoms with van der Waals surface area (Å²) < 4.78 is 4.97. The summed E-state index contributed by atoms with van der Waals surface area (Å²) in [5.74, 6) is 0. The van der Waals surface area contributed by atoms with Crippen molar-refractivity contribution in [3.63, 3.8) is 0 Å². The zero-order valence-corrected chi connectivity index (χ0v) is 28.0. The number of aryl methyl sites for hydroxylation is 2. The first-order chi connectivity index (χ1) is 18.3. The summed E-state index contributed by atoms with van der Waals surface area (Å²) in [5.41, 5.74) is 13.1. The Morgan fingerprint density at radius 2 is 1.43 bits per heavy atom. The molecule has 0 aliphatic heterocycles. The number of fused-ring (bicyclic) bond motifs is 3. The Hall–Kier alpha value is -2.31.